The van der Waals surface area contributed by atoms with E-state index in [1.54, 1.807) is 35.1 Å². The third-order valence-electron chi connectivity index (χ3n) is 2.56. The molecule has 0 aliphatic rings. The Morgan fingerprint density at radius 2 is 2.15 bits per heavy atom. The van der Waals surface area contributed by atoms with Gasteiger partial charge in [-0.2, -0.15) is 5.10 Å². The number of aryl methyl sites for hydroxylation is 1. The number of benzene rings is 1. The Kier molecular flexibility index (Phi) is 4.52. The second-order valence-corrected chi connectivity index (χ2v) is 5.06. The highest BCUT2D eigenvalue weighted by molar-refractivity contribution is 9.10. The lowest BCUT2D eigenvalue weighted by Crippen LogP contribution is -2.15. The molecular formula is C13H13BrN4O2. The Bertz CT molecular complexity index is 639. The fourth-order valence-corrected chi connectivity index (χ4v) is 2.00. The van der Waals surface area contributed by atoms with Gasteiger partial charge in [0.05, 0.1) is 0 Å². The maximum Gasteiger partial charge on any atom is 0.256 e. The molecule has 0 unspecified atom stereocenters. The number of amides is 2. The van der Waals surface area contributed by atoms with Crippen molar-refractivity contribution in [2.24, 2.45) is 5.73 Å². The number of rotatable bonds is 5. The van der Waals surface area contributed by atoms with Crippen LogP contribution in [0.1, 0.15) is 16.8 Å². The summed E-state index contributed by atoms with van der Waals surface area (Å²) in [4.78, 5) is 22.7. The van der Waals surface area contributed by atoms with E-state index in [9.17, 15) is 9.59 Å². The smallest absolute Gasteiger partial charge is 0.256 e. The average molecular weight is 337 g/mol. The van der Waals surface area contributed by atoms with E-state index in [0.29, 0.717) is 17.9 Å². The van der Waals surface area contributed by atoms with Gasteiger partial charge in [-0.25, -0.2) is 0 Å². The molecule has 0 aliphatic carbocycles. The van der Waals surface area contributed by atoms with Crippen LogP contribution in [-0.4, -0.2) is 21.6 Å². The Balaban J connectivity index is 1.99. The van der Waals surface area contributed by atoms with Crippen molar-refractivity contribution in [1.29, 1.82) is 0 Å². The molecule has 0 spiro atoms. The minimum Gasteiger partial charge on any atom is -0.370 e. The minimum atomic E-state index is -0.389. The molecule has 0 aliphatic heterocycles. The zero-order valence-electron chi connectivity index (χ0n) is 10.5. The Hall–Kier alpha value is -2.15. The van der Waals surface area contributed by atoms with Crippen molar-refractivity contribution < 1.29 is 9.59 Å². The number of carbonyl (C=O) groups is 2. The van der Waals surface area contributed by atoms with Gasteiger partial charge in [0.25, 0.3) is 5.91 Å². The predicted octanol–water partition coefficient (Wildman–Crippen LogP) is 1.77. The summed E-state index contributed by atoms with van der Waals surface area (Å²) >= 11 is 3.31. The maximum absolute atomic E-state index is 12.0. The van der Waals surface area contributed by atoms with Gasteiger partial charge in [-0.3, -0.25) is 14.3 Å². The van der Waals surface area contributed by atoms with Crippen LogP contribution in [0.2, 0.25) is 0 Å². The monoisotopic (exact) mass is 336 g/mol. The van der Waals surface area contributed by atoms with Crippen molar-refractivity contribution >= 4 is 33.6 Å². The molecule has 0 fully saturated rings. The van der Waals surface area contributed by atoms with E-state index in [-0.39, 0.29) is 18.2 Å². The normalized spacial score (nSPS) is 10.2. The van der Waals surface area contributed by atoms with Crippen molar-refractivity contribution in [3.63, 3.8) is 0 Å². The van der Waals surface area contributed by atoms with E-state index in [4.69, 9.17) is 5.73 Å². The average Bonchev–Trinajstić information content (AvgIpc) is 2.84. The largest absolute Gasteiger partial charge is 0.370 e. The van der Waals surface area contributed by atoms with Crippen molar-refractivity contribution in [2.75, 3.05) is 5.32 Å². The zero-order chi connectivity index (χ0) is 14.5. The molecule has 7 heteroatoms. The van der Waals surface area contributed by atoms with E-state index in [1.165, 1.54) is 0 Å². The first kappa shape index (κ1) is 14.3. The van der Waals surface area contributed by atoms with Crippen LogP contribution in [0, 0.1) is 0 Å². The molecule has 0 radical (unpaired) electrons. The first-order chi connectivity index (χ1) is 9.54. The Morgan fingerprint density at radius 1 is 1.35 bits per heavy atom. The number of nitrogens with zero attached hydrogens (tertiary/aromatic N) is 2. The number of carbonyl (C=O) groups excluding carboxylic acids is 2. The van der Waals surface area contributed by atoms with Gasteiger partial charge in [0.15, 0.2) is 5.82 Å². The molecule has 104 valence electrons. The summed E-state index contributed by atoms with van der Waals surface area (Å²) in [6.45, 7) is 0.391. The van der Waals surface area contributed by atoms with Crippen LogP contribution in [0.3, 0.4) is 0 Å². The van der Waals surface area contributed by atoms with Crippen molar-refractivity contribution in [3.8, 4) is 0 Å². The number of hydrogen-bond acceptors (Lipinski definition) is 3. The Morgan fingerprint density at radius 3 is 2.85 bits per heavy atom. The van der Waals surface area contributed by atoms with Crippen molar-refractivity contribution in [1.82, 2.24) is 9.78 Å². The van der Waals surface area contributed by atoms with E-state index in [2.05, 4.69) is 26.3 Å². The summed E-state index contributed by atoms with van der Waals surface area (Å²) in [6.07, 6.45) is 1.89. The van der Waals surface area contributed by atoms with Crippen LogP contribution in [0.5, 0.6) is 0 Å². The first-order valence-electron chi connectivity index (χ1n) is 5.93. The lowest BCUT2D eigenvalue weighted by molar-refractivity contribution is -0.118. The molecule has 1 aromatic heterocycles. The molecule has 0 bridgehead atoms. The lowest BCUT2D eigenvalue weighted by atomic mass is 10.2. The van der Waals surface area contributed by atoms with Gasteiger partial charge >= 0.3 is 0 Å². The van der Waals surface area contributed by atoms with Gasteiger partial charge < -0.3 is 11.1 Å². The summed E-state index contributed by atoms with van der Waals surface area (Å²) in [6, 6.07) is 8.72. The highest BCUT2D eigenvalue weighted by Crippen LogP contribution is 2.13. The van der Waals surface area contributed by atoms with Crippen LogP contribution >= 0.6 is 15.9 Å². The second-order valence-electron chi connectivity index (χ2n) is 4.14. The summed E-state index contributed by atoms with van der Waals surface area (Å²) in [7, 11) is 0. The summed E-state index contributed by atoms with van der Waals surface area (Å²) in [5.74, 6) is -0.203. The van der Waals surface area contributed by atoms with Crippen LogP contribution < -0.4 is 11.1 Å². The molecule has 2 aromatic rings. The van der Waals surface area contributed by atoms with Crippen LogP contribution in [0.4, 0.5) is 5.82 Å². The van der Waals surface area contributed by atoms with E-state index in [1.807, 2.05) is 6.07 Å². The van der Waals surface area contributed by atoms with Gasteiger partial charge in [-0.05, 0) is 18.2 Å². The number of hydrogen-bond donors (Lipinski definition) is 2. The third-order valence-corrected chi connectivity index (χ3v) is 3.05. The second kappa shape index (κ2) is 6.33. The number of nitrogens with two attached hydrogens (primary N) is 1. The van der Waals surface area contributed by atoms with Gasteiger partial charge in [0.1, 0.15) is 0 Å². The Labute approximate surface area is 124 Å². The molecule has 3 N–H and O–H groups in total. The molecular weight excluding hydrogens is 324 g/mol. The highest BCUT2D eigenvalue weighted by Gasteiger charge is 2.08. The highest BCUT2D eigenvalue weighted by atomic mass is 79.9. The first-order valence-corrected chi connectivity index (χ1v) is 6.72. The number of aromatic nitrogens is 2. The van der Waals surface area contributed by atoms with Gasteiger partial charge in [0, 0.05) is 35.3 Å². The molecule has 1 aromatic carbocycles. The van der Waals surface area contributed by atoms with E-state index >= 15 is 0 Å². The van der Waals surface area contributed by atoms with Gasteiger partial charge in [-0.1, -0.05) is 22.0 Å². The lowest BCUT2D eigenvalue weighted by Gasteiger charge is -2.02. The van der Waals surface area contributed by atoms with Crippen LogP contribution in [0.25, 0.3) is 0 Å². The third kappa shape index (κ3) is 3.92. The SMILES string of the molecule is NC(=O)CCn1ccc(NC(=O)c2cccc(Br)c2)n1. The minimum absolute atomic E-state index is 0.209. The fraction of sp³-hybridized carbons (Fsp3) is 0.154. The van der Waals surface area contributed by atoms with Gasteiger partial charge in [-0.15, -0.1) is 0 Å². The molecule has 2 rings (SSSR count). The summed E-state index contributed by atoms with van der Waals surface area (Å²) in [5, 5.41) is 6.82. The molecule has 0 saturated carbocycles. The predicted molar refractivity (Wildman–Crippen MR) is 78.1 cm³/mol. The summed E-state index contributed by atoms with van der Waals surface area (Å²) < 4.78 is 2.39. The fourth-order valence-electron chi connectivity index (χ4n) is 1.60. The molecule has 0 atom stereocenters. The van der Waals surface area contributed by atoms with Crippen molar-refractivity contribution in [3.05, 3.63) is 46.6 Å². The van der Waals surface area contributed by atoms with E-state index in [0.717, 1.165) is 4.47 Å². The molecule has 0 saturated heterocycles. The number of anilines is 1. The molecule has 2 amide bonds. The zero-order valence-corrected chi connectivity index (χ0v) is 12.1. The topological polar surface area (TPSA) is 90.0 Å². The number of halogens is 1. The van der Waals surface area contributed by atoms with Crippen LogP contribution in [0.15, 0.2) is 41.0 Å². The standard InChI is InChI=1S/C13H13BrN4O2/c14-10-3-1-2-9(8-10)13(20)16-12-5-7-18(17-12)6-4-11(15)19/h1-3,5,7-8H,4,6H2,(H2,15,19)(H,16,17,20). The molecule has 20 heavy (non-hydrogen) atoms. The maximum atomic E-state index is 12.0. The van der Waals surface area contributed by atoms with Gasteiger partial charge in [0.2, 0.25) is 5.91 Å². The number of primary amides is 1. The van der Waals surface area contributed by atoms with E-state index < -0.39 is 0 Å². The van der Waals surface area contributed by atoms with Crippen LogP contribution in [-0.2, 0) is 11.3 Å². The summed E-state index contributed by atoms with van der Waals surface area (Å²) in [5.41, 5.74) is 5.60. The van der Waals surface area contributed by atoms with Crippen molar-refractivity contribution in [2.45, 2.75) is 13.0 Å². The molecule has 1 heterocycles. The molecule has 6 nitrogen and oxygen atoms in total. The number of nitrogens with one attached hydrogen (secondary N) is 1. The quantitative estimate of drug-likeness (QED) is 0.871.